The first-order valence-corrected chi connectivity index (χ1v) is 5.91. The lowest BCUT2D eigenvalue weighted by Gasteiger charge is -2.05. The fourth-order valence-corrected chi connectivity index (χ4v) is 1.91. The van der Waals surface area contributed by atoms with Crippen molar-refractivity contribution in [2.75, 3.05) is 5.73 Å². The van der Waals surface area contributed by atoms with Crippen molar-refractivity contribution in [2.24, 2.45) is 0 Å². The summed E-state index contributed by atoms with van der Waals surface area (Å²) >= 11 is 0. The predicted molar refractivity (Wildman–Crippen MR) is 72.2 cm³/mol. The third kappa shape index (κ3) is 3.17. The van der Waals surface area contributed by atoms with E-state index in [1.807, 2.05) is 31.2 Å². The van der Waals surface area contributed by atoms with Crippen LogP contribution in [-0.4, -0.2) is 10.8 Å². The summed E-state index contributed by atoms with van der Waals surface area (Å²) in [6.45, 7) is 2.02. The highest BCUT2D eigenvalue weighted by Gasteiger charge is 2.07. The third-order valence-corrected chi connectivity index (χ3v) is 2.81. The molecule has 0 aliphatic heterocycles. The van der Waals surface area contributed by atoms with Crippen molar-refractivity contribution in [1.29, 1.82) is 0 Å². The number of benzene rings is 1. The molecule has 2 rings (SSSR count). The molecule has 92 valence electrons. The molecule has 1 aromatic heterocycles. The second-order valence-corrected chi connectivity index (χ2v) is 4.46. The van der Waals surface area contributed by atoms with Crippen molar-refractivity contribution < 1.29 is 4.79 Å². The van der Waals surface area contributed by atoms with Gasteiger partial charge in [-0.15, -0.1) is 0 Å². The number of rotatable bonds is 4. The lowest BCUT2D eigenvalue weighted by Crippen LogP contribution is -2.08. The second-order valence-electron chi connectivity index (χ2n) is 4.46. The van der Waals surface area contributed by atoms with E-state index in [2.05, 4.69) is 4.98 Å². The van der Waals surface area contributed by atoms with Crippen LogP contribution in [0.5, 0.6) is 0 Å². The minimum absolute atomic E-state index is 0.153. The van der Waals surface area contributed by atoms with E-state index >= 15 is 0 Å². The van der Waals surface area contributed by atoms with Crippen molar-refractivity contribution in [3.05, 3.63) is 59.4 Å². The second kappa shape index (κ2) is 5.45. The molecule has 0 aliphatic rings. The van der Waals surface area contributed by atoms with Crippen LogP contribution >= 0.6 is 0 Å². The number of Topliss-reactive ketones (excluding diaryl/α,β-unsaturated/α-hetero) is 1. The zero-order valence-corrected chi connectivity index (χ0v) is 10.4. The number of hydrogen-bond acceptors (Lipinski definition) is 3. The average Bonchev–Trinajstić information content (AvgIpc) is 2.32. The third-order valence-electron chi connectivity index (χ3n) is 2.81. The number of aromatic nitrogens is 1. The Hall–Kier alpha value is -2.16. The standard InChI is InChI=1S/C15H16N2O/c1-11-3-2-4-12(7-11)8-14(18)9-13-10-17-6-5-15(13)16/h2-7,10H,8-9H2,1H3,(H2,16,17). The van der Waals surface area contributed by atoms with Crippen LogP contribution in [0.4, 0.5) is 5.69 Å². The van der Waals surface area contributed by atoms with Crippen LogP contribution < -0.4 is 5.73 Å². The molecule has 3 heteroatoms. The molecular weight excluding hydrogens is 224 g/mol. The van der Waals surface area contributed by atoms with Crippen LogP contribution in [0.2, 0.25) is 0 Å². The highest BCUT2D eigenvalue weighted by Crippen LogP contribution is 2.12. The van der Waals surface area contributed by atoms with Gasteiger partial charge in [0.05, 0.1) is 0 Å². The molecule has 2 aromatic rings. The van der Waals surface area contributed by atoms with Crippen molar-refractivity contribution >= 4 is 11.5 Å². The first-order valence-electron chi connectivity index (χ1n) is 5.91. The zero-order chi connectivity index (χ0) is 13.0. The molecule has 1 heterocycles. The Labute approximate surface area is 107 Å². The minimum atomic E-state index is 0.153. The van der Waals surface area contributed by atoms with Gasteiger partial charge in [0.15, 0.2) is 0 Å². The van der Waals surface area contributed by atoms with Crippen molar-refractivity contribution in [1.82, 2.24) is 4.98 Å². The van der Waals surface area contributed by atoms with E-state index in [1.165, 1.54) is 5.56 Å². The Morgan fingerprint density at radius 1 is 1.28 bits per heavy atom. The van der Waals surface area contributed by atoms with E-state index < -0.39 is 0 Å². The molecule has 1 aromatic carbocycles. The molecule has 0 spiro atoms. The molecule has 2 N–H and O–H groups in total. The van der Waals surface area contributed by atoms with Gasteiger partial charge in [0.1, 0.15) is 5.78 Å². The van der Waals surface area contributed by atoms with Crippen LogP contribution in [0.3, 0.4) is 0 Å². The number of hydrogen-bond donors (Lipinski definition) is 1. The van der Waals surface area contributed by atoms with Gasteiger partial charge >= 0.3 is 0 Å². The molecule has 0 atom stereocenters. The van der Waals surface area contributed by atoms with Gasteiger partial charge in [-0.05, 0) is 18.6 Å². The van der Waals surface area contributed by atoms with E-state index in [-0.39, 0.29) is 5.78 Å². The zero-order valence-electron chi connectivity index (χ0n) is 10.4. The van der Waals surface area contributed by atoms with Crippen LogP contribution in [0, 0.1) is 6.92 Å². The van der Waals surface area contributed by atoms with Gasteiger partial charge in [-0.1, -0.05) is 29.8 Å². The van der Waals surface area contributed by atoms with Gasteiger partial charge in [0.25, 0.3) is 0 Å². The van der Waals surface area contributed by atoms with Crippen molar-refractivity contribution in [3.8, 4) is 0 Å². The maximum Gasteiger partial charge on any atom is 0.141 e. The molecule has 0 amide bonds. The lowest BCUT2D eigenvalue weighted by molar-refractivity contribution is -0.117. The van der Waals surface area contributed by atoms with Crippen LogP contribution in [-0.2, 0) is 17.6 Å². The summed E-state index contributed by atoms with van der Waals surface area (Å²) in [4.78, 5) is 15.9. The minimum Gasteiger partial charge on any atom is -0.398 e. The first-order chi connectivity index (χ1) is 8.65. The van der Waals surface area contributed by atoms with E-state index in [0.717, 1.165) is 11.1 Å². The monoisotopic (exact) mass is 240 g/mol. The number of nitrogens with two attached hydrogens (primary N) is 1. The smallest absolute Gasteiger partial charge is 0.141 e. The molecule has 0 unspecified atom stereocenters. The van der Waals surface area contributed by atoms with E-state index in [9.17, 15) is 4.79 Å². The van der Waals surface area contributed by atoms with Gasteiger partial charge in [-0.2, -0.15) is 0 Å². The van der Waals surface area contributed by atoms with E-state index in [4.69, 9.17) is 5.73 Å². The maximum atomic E-state index is 12.0. The summed E-state index contributed by atoms with van der Waals surface area (Å²) in [5, 5.41) is 0. The van der Waals surface area contributed by atoms with Crippen LogP contribution in [0.1, 0.15) is 16.7 Å². The number of aryl methyl sites for hydroxylation is 1. The SMILES string of the molecule is Cc1cccc(CC(=O)Cc2cnccc2N)c1. The maximum absolute atomic E-state index is 12.0. The molecule has 0 fully saturated rings. The van der Waals surface area contributed by atoms with Crippen molar-refractivity contribution in [2.45, 2.75) is 19.8 Å². The summed E-state index contributed by atoms with van der Waals surface area (Å²) < 4.78 is 0. The largest absolute Gasteiger partial charge is 0.398 e. The number of anilines is 1. The number of carbonyl (C=O) groups is 1. The van der Waals surface area contributed by atoms with Crippen molar-refractivity contribution in [3.63, 3.8) is 0 Å². The Bertz CT molecular complexity index is 564. The molecular formula is C15H16N2O. The first kappa shape index (κ1) is 12.3. The predicted octanol–water partition coefficient (Wildman–Crippen LogP) is 2.33. The molecule has 0 aliphatic carbocycles. The van der Waals surface area contributed by atoms with Gasteiger partial charge in [-0.3, -0.25) is 9.78 Å². The Balaban J connectivity index is 2.03. The summed E-state index contributed by atoms with van der Waals surface area (Å²) in [7, 11) is 0. The molecule has 18 heavy (non-hydrogen) atoms. The molecule has 0 bridgehead atoms. The lowest BCUT2D eigenvalue weighted by atomic mass is 10.0. The summed E-state index contributed by atoms with van der Waals surface area (Å²) in [6, 6.07) is 9.71. The van der Waals surface area contributed by atoms with Gasteiger partial charge < -0.3 is 5.73 Å². The number of ketones is 1. The highest BCUT2D eigenvalue weighted by atomic mass is 16.1. The van der Waals surface area contributed by atoms with E-state index in [1.54, 1.807) is 18.5 Å². The van der Waals surface area contributed by atoms with E-state index in [0.29, 0.717) is 18.5 Å². The quantitative estimate of drug-likeness (QED) is 0.892. The molecule has 3 nitrogen and oxygen atoms in total. The Morgan fingerprint density at radius 3 is 2.83 bits per heavy atom. The van der Waals surface area contributed by atoms with Gasteiger partial charge in [-0.25, -0.2) is 0 Å². The summed E-state index contributed by atoms with van der Waals surface area (Å²) in [5.41, 5.74) is 9.43. The average molecular weight is 240 g/mol. The van der Waals surface area contributed by atoms with Gasteiger partial charge in [0, 0.05) is 36.5 Å². The van der Waals surface area contributed by atoms with Crippen LogP contribution in [0.15, 0.2) is 42.7 Å². The number of carbonyl (C=O) groups excluding carboxylic acids is 1. The highest BCUT2D eigenvalue weighted by molar-refractivity contribution is 5.84. The summed E-state index contributed by atoms with van der Waals surface area (Å²) in [5.74, 6) is 0.153. The Kier molecular flexibility index (Phi) is 3.72. The fraction of sp³-hybridized carbons (Fsp3) is 0.200. The fourth-order valence-electron chi connectivity index (χ4n) is 1.91. The van der Waals surface area contributed by atoms with Gasteiger partial charge in [0.2, 0.25) is 0 Å². The Morgan fingerprint density at radius 2 is 2.11 bits per heavy atom. The molecule has 0 saturated carbocycles. The molecule has 0 saturated heterocycles. The normalized spacial score (nSPS) is 10.3. The topological polar surface area (TPSA) is 56.0 Å². The number of nitrogen functional groups attached to an aromatic ring is 1. The number of nitrogens with zero attached hydrogens (tertiary/aromatic N) is 1. The van der Waals surface area contributed by atoms with Crippen LogP contribution in [0.25, 0.3) is 0 Å². The summed E-state index contributed by atoms with van der Waals surface area (Å²) in [6.07, 6.45) is 4.07. The molecule has 0 radical (unpaired) electrons. The number of pyridine rings is 1.